The SMILES string of the molecule is Brc1ccc(-c2ccnc(CC3CNCCO3)n2)cc1. The number of morpholine rings is 1. The van der Waals surface area contributed by atoms with Gasteiger partial charge in [0.15, 0.2) is 0 Å². The monoisotopic (exact) mass is 333 g/mol. The number of ether oxygens (including phenoxy) is 1. The van der Waals surface area contributed by atoms with Gasteiger partial charge in [-0.2, -0.15) is 0 Å². The molecule has 1 aliphatic rings. The van der Waals surface area contributed by atoms with Crippen LogP contribution in [0.2, 0.25) is 0 Å². The first-order chi connectivity index (χ1) is 9.81. The Kier molecular flexibility index (Phi) is 4.40. The average Bonchev–Trinajstić information content (AvgIpc) is 2.49. The number of rotatable bonds is 3. The molecule has 2 aromatic rings. The molecule has 0 aliphatic carbocycles. The Hall–Kier alpha value is -1.30. The van der Waals surface area contributed by atoms with Gasteiger partial charge >= 0.3 is 0 Å². The van der Waals surface area contributed by atoms with Crippen LogP contribution in [0.1, 0.15) is 5.82 Å². The molecular formula is C15H16BrN3O. The van der Waals surface area contributed by atoms with Crippen LogP contribution in [-0.4, -0.2) is 35.8 Å². The van der Waals surface area contributed by atoms with Crippen molar-refractivity contribution < 1.29 is 4.74 Å². The van der Waals surface area contributed by atoms with Crippen LogP contribution in [0.3, 0.4) is 0 Å². The molecule has 1 fully saturated rings. The second kappa shape index (κ2) is 6.43. The van der Waals surface area contributed by atoms with Crippen LogP contribution in [0.5, 0.6) is 0 Å². The third-order valence-corrected chi connectivity index (χ3v) is 3.79. The van der Waals surface area contributed by atoms with Gasteiger partial charge in [-0.15, -0.1) is 0 Å². The predicted octanol–water partition coefficient (Wildman–Crippen LogP) is 2.44. The number of hydrogen-bond acceptors (Lipinski definition) is 4. The van der Waals surface area contributed by atoms with Crippen molar-refractivity contribution in [3.63, 3.8) is 0 Å². The highest BCUT2D eigenvalue weighted by atomic mass is 79.9. The molecule has 1 saturated heterocycles. The average molecular weight is 334 g/mol. The van der Waals surface area contributed by atoms with Gasteiger partial charge in [-0.3, -0.25) is 0 Å². The largest absolute Gasteiger partial charge is 0.375 e. The molecule has 20 heavy (non-hydrogen) atoms. The van der Waals surface area contributed by atoms with E-state index in [4.69, 9.17) is 4.74 Å². The summed E-state index contributed by atoms with van der Waals surface area (Å²) in [7, 11) is 0. The molecule has 1 aromatic carbocycles. The molecule has 5 heteroatoms. The van der Waals surface area contributed by atoms with Crippen LogP contribution < -0.4 is 5.32 Å². The van der Waals surface area contributed by atoms with Crippen LogP contribution >= 0.6 is 15.9 Å². The highest BCUT2D eigenvalue weighted by Crippen LogP contribution is 2.20. The van der Waals surface area contributed by atoms with E-state index in [1.807, 2.05) is 24.4 Å². The molecule has 3 rings (SSSR count). The van der Waals surface area contributed by atoms with Gasteiger partial charge in [-0.1, -0.05) is 28.1 Å². The van der Waals surface area contributed by atoms with Gasteiger partial charge in [0.1, 0.15) is 5.82 Å². The zero-order valence-corrected chi connectivity index (χ0v) is 12.6. The van der Waals surface area contributed by atoms with Crippen molar-refractivity contribution in [1.29, 1.82) is 0 Å². The summed E-state index contributed by atoms with van der Waals surface area (Å²) in [5, 5.41) is 3.32. The van der Waals surface area contributed by atoms with Gasteiger partial charge in [0.05, 0.1) is 18.4 Å². The summed E-state index contributed by atoms with van der Waals surface area (Å²) in [6.45, 7) is 2.55. The summed E-state index contributed by atoms with van der Waals surface area (Å²) in [5.41, 5.74) is 2.05. The van der Waals surface area contributed by atoms with E-state index in [1.165, 1.54) is 0 Å². The molecule has 0 bridgehead atoms. The van der Waals surface area contributed by atoms with Gasteiger partial charge in [-0.05, 0) is 18.2 Å². The second-order valence-electron chi connectivity index (χ2n) is 4.77. The lowest BCUT2D eigenvalue weighted by Crippen LogP contribution is -2.39. The number of halogens is 1. The van der Waals surface area contributed by atoms with E-state index in [1.54, 1.807) is 0 Å². The van der Waals surface area contributed by atoms with Crippen molar-refractivity contribution in [2.24, 2.45) is 0 Å². The first-order valence-electron chi connectivity index (χ1n) is 6.71. The van der Waals surface area contributed by atoms with Crippen molar-refractivity contribution in [1.82, 2.24) is 15.3 Å². The van der Waals surface area contributed by atoms with Crippen molar-refractivity contribution in [2.75, 3.05) is 19.7 Å². The third-order valence-electron chi connectivity index (χ3n) is 3.26. The fourth-order valence-electron chi connectivity index (χ4n) is 2.23. The van der Waals surface area contributed by atoms with Crippen molar-refractivity contribution >= 4 is 15.9 Å². The predicted molar refractivity (Wildman–Crippen MR) is 81.5 cm³/mol. The van der Waals surface area contributed by atoms with Crippen LogP contribution in [0.15, 0.2) is 41.0 Å². The van der Waals surface area contributed by atoms with Crippen LogP contribution in [0, 0.1) is 0 Å². The third kappa shape index (κ3) is 3.42. The number of nitrogens with one attached hydrogen (secondary N) is 1. The van der Waals surface area contributed by atoms with Gasteiger partial charge < -0.3 is 10.1 Å². The number of nitrogens with zero attached hydrogens (tertiary/aromatic N) is 2. The maximum Gasteiger partial charge on any atom is 0.131 e. The summed E-state index contributed by atoms with van der Waals surface area (Å²) in [4.78, 5) is 8.98. The molecule has 0 radical (unpaired) electrons. The summed E-state index contributed by atoms with van der Waals surface area (Å²) >= 11 is 3.44. The maximum absolute atomic E-state index is 5.69. The Morgan fingerprint density at radius 2 is 2.10 bits per heavy atom. The molecule has 1 atom stereocenters. The zero-order valence-electron chi connectivity index (χ0n) is 11.1. The minimum absolute atomic E-state index is 0.170. The lowest BCUT2D eigenvalue weighted by Gasteiger charge is -2.22. The van der Waals surface area contributed by atoms with Crippen molar-refractivity contribution in [2.45, 2.75) is 12.5 Å². The Labute approximate surface area is 126 Å². The zero-order chi connectivity index (χ0) is 13.8. The van der Waals surface area contributed by atoms with Crippen LogP contribution in [0.4, 0.5) is 0 Å². The van der Waals surface area contributed by atoms with E-state index in [2.05, 4.69) is 43.3 Å². The Morgan fingerprint density at radius 3 is 2.85 bits per heavy atom. The lowest BCUT2D eigenvalue weighted by molar-refractivity contribution is 0.0280. The molecule has 1 aromatic heterocycles. The highest BCUT2D eigenvalue weighted by Gasteiger charge is 2.15. The quantitative estimate of drug-likeness (QED) is 0.937. The van der Waals surface area contributed by atoms with E-state index in [0.717, 1.165) is 47.7 Å². The van der Waals surface area contributed by atoms with Crippen molar-refractivity contribution in [3.05, 3.63) is 46.8 Å². The van der Waals surface area contributed by atoms with E-state index in [-0.39, 0.29) is 6.10 Å². The molecule has 104 valence electrons. The van der Waals surface area contributed by atoms with Crippen LogP contribution in [0.25, 0.3) is 11.3 Å². The van der Waals surface area contributed by atoms with Gasteiger partial charge in [0.25, 0.3) is 0 Å². The smallest absolute Gasteiger partial charge is 0.131 e. The Bertz CT molecular complexity index is 568. The number of hydrogen-bond donors (Lipinski definition) is 1. The summed E-state index contributed by atoms with van der Waals surface area (Å²) in [6.07, 6.45) is 2.73. The lowest BCUT2D eigenvalue weighted by atomic mass is 10.1. The van der Waals surface area contributed by atoms with E-state index < -0.39 is 0 Å². The molecular weight excluding hydrogens is 318 g/mol. The highest BCUT2D eigenvalue weighted by molar-refractivity contribution is 9.10. The first-order valence-corrected chi connectivity index (χ1v) is 7.51. The molecule has 0 spiro atoms. The minimum atomic E-state index is 0.170. The Balaban J connectivity index is 1.76. The number of aromatic nitrogens is 2. The van der Waals surface area contributed by atoms with E-state index in [0.29, 0.717) is 0 Å². The topological polar surface area (TPSA) is 47.0 Å². The van der Waals surface area contributed by atoms with Gasteiger partial charge in [-0.25, -0.2) is 9.97 Å². The van der Waals surface area contributed by atoms with Gasteiger partial charge in [0, 0.05) is 35.7 Å². The summed E-state index contributed by atoms with van der Waals surface area (Å²) in [5.74, 6) is 0.833. The fraction of sp³-hybridized carbons (Fsp3) is 0.333. The Morgan fingerprint density at radius 1 is 1.25 bits per heavy atom. The summed E-state index contributed by atoms with van der Waals surface area (Å²) < 4.78 is 6.76. The second-order valence-corrected chi connectivity index (χ2v) is 5.68. The van der Waals surface area contributed by atoms with E-state index in [9.17, 15) is 0 Å². The molecule has 1 N–H and O–H groups in total. The fourth-order valence-corrected chi connectivity index (χ4v) is 2.50. The number of benzene rings is 1. The molecule has 0 amide bonds. The standard InChI is InChI=1S/C15H16BrN3O/c16-12-3-1-11(2-4-12)14-5-6-18-15(19-14)9-13-10-17-7-8-20-13/h1-6,13,17H,7-10H2. The minimum Gasteiger partial charge on any atom is -0.375 e. The molecule has 0 saturated carbocycles. The molecule has 1 aliphatic heterocycles. The van der Waals surface area contributed by atoms with Gasteiger partial charge in [0.2, 0.25) is 0 Å². The summed E-state index contributed by atoms with van der Waals surface area (Å²) in [6, 6.07) is 10.1. The van der Waals surface area contributed by atoms with E-state index >= 15 is 0 Å². The normalized spacial score (nSPS) is 18.9. The van der Waals surface area contributed by atoms with Crippen LogP contribution in [-0.2, 0) is 11.2 Å². The molecule has 2 heterocycles. The first kappa shape index (κ1) is 13.7. The molecule has 1 unspecified atom stereocenters. The maximum atomic E-state index is 5.69. The molecule has 4 nitrogen and oxygen atoms in total. The van der Waals surface area contributed by atoms with Crippen molar-refractivity contribution in [3.8, 4) is 11.3 Å².